The number of benzene rings is 1. The van der Waals surface area contributed by atoms with Crippen molar-refractivity contribution in [2.75, 3.05) is 25.0 Å². The highest BCUT2D eigenvalue weighted by Crippen LogP contribution is 2.27. The Hall–Kier alpha value is -2.04. The average molecular weight is 276 g/mol. The summed E-state index contributed by atoms with van der Waals surface area (Å²) in [5.74, 6) is -0.971. The van der Waals surface area contributed by atoms with Crippen molar-refractivity contribution in [1.82, 2.24) is 5.32 Å². The molecule has 5 nitrogen and oxygen atoms in total. The van der Waals surface area contributed by atoms with E-state index in [1.54, 1.807) is 13.1 Å². The molecule has 2 rings (SSSR count). The lowest BCUT2D eigenvalue weighted by Gasteiger charge is -2.34. The largest absolute Gasteiger partial charge is 0.478 e. The minimum absolute atomic E-state index is 0.0266. The molecular weight excluding hydrogens is 256 g/mol. The van der Waals surface area contributed by atoms with Gasteiger partial charge in [-0.05, 0) is 31.9 Å². The number of piperidine rings is 1. The van der Waals surface area contributed by atoms with Gasteiger partial charge in [0.05, 0.1) is 17.2 Å². The molecule has 0 spiro atoms. The summed E-state index contributed by atoms with van der Waals surface area (Å²) in [5, 5.41) is 12.0. The van der Waals surface area contributed by atoms with Crippen LogP contribution in [-0.2, 0) is 4.79 Å². The van der Waals surface area contributed by atoms with Crippen LogP contribution in [0.5, 0.6) is 0 Å². The number of nitrogens with zero attached hydrogens (tertiary/aromatic N) is 1. The molecule has 0 saturated carbocycles. The number of carbonyl (C=O) groups excluding carboxylic acids is 1. The lowest BCUT2D eigenvalue weighted by atomic mass is 9.95. The van der Waals surface area contributed by atoms with E-state index in [1.807, 2.05) is 24.0 Å². The van der Waals surface area contributed by atoms with Crippen LogP contribution in [0, 0.1) is 12.8 Å². The Bertz CT molecular complexity index is 528. The van der Waals surface area contributed by atoms with Crippen molar-refractivity contribution in [2.45, 2.75) is 19.8 Å². The van der Waals surface area contributed by atoms with Crippen LogP contribution in [0.4, 0.5) is 5.69 Å². The first-order chi connectivity index (χ1) is 9.52. The molecule has 1 amide bonds. The summed E-state index contributed by atoms with van der Waals surface area (Å²) in [6.45, 7) is 3.24. The van der Waals surface area contributed by atoms with Crippen molar-refractivity contribution in [3.63, 3.8) is 0 Å². The van der Waals surface area contributed by atoms with Crippen molar-refractivity contribution < 1.29 is 14.7 Å². The van der Waals surface area contributed by atoms with Gasteiger partial charge in [-0.3, -0.25) is 4.79 Å². The Morgan fingerprint density at radius 1 is 1.40 bits per heavy atom. The summed E-state index contributed by atoms with van der Waals surface area (Å²) >= 11 is 0. The molecule has 0 aliphatic carbocycles. The maximum atomic E-state index is 11.8. The maximum Gasteiger partial charge on any atom is 0.337 e. The highest BCUT2D eigenvalue weighted by Gasteiger charge is 2.27. The fourth-order valence-electron chi connectivity index (χ4n) is 2.71. The molecule has 1 aliphatic heterocycles. The van der Waals surface area contributed by atoms with E-state index in [1.165, 1.54) is 0 Å². The first kappa shape index (κ1) is 14.4. The molecule has 5 heteroatoms. The van der Waals surface area contributed by atoms with E-state index in [9.17, 15) is 14.7 Å². The molecule has 1 atom stereocenters. The number of carboxylic acid groups (broad SMARTS) is 1. The van der Waals surface area contributed by atoms with Gasteiger partial charge in [0.25, 0.3) is 0 Å². The quantitative estimate of drug-likeness (QED) is 0.881. The van der Waals surface area contributed by atoms with E-state index in [2.05, 4.69) is 5.32 Å². The number of nitrogens with one attached hydrogen (secondary N) is 1. The van der Waals surface area contributed by atoms with E-state index < -0.39 is 5.97 Å². The summed E-state index contributed by atoms with van der Waals surface area (Å²) in [6, 6.07) is 5.43. The number of aromatic carboxylic acids is 1. The lowest BCUT2D eigenvalue weighted by molar-refractivity contribution is -0.124. The lowest BCUT2D eigenvalue weighted by Crippen LogP contribution is -2.42. The second-order valence-electron chi connectivity index (χ2n) is 5.23. The first-order valence-corrected chi connectivity index (χ1v) is 6.83. The van der Waals surface area contributed by atoms with Crippen molar-refractivity contribution in [2.24, 2.45) is 5.92 Å². The molecule has 1 fully saturated rings. The van der Waals surface area contributed by atoms with Gasteiger partial charge in [0.1, 0.15) is 0 Å². The van der Waals surface area contributed by atoms with Crippen LogP contribution >= 0.6 is 0 Å². The van der Waals surface area contributed by atoms with E-state index in [4.69, 9.17) is 0 Å². The molecule has 1 aliphatic rings. The zero-order valence-corrected chi connectivity index (χ0v) is 11.8. The van der Waals surface area contributed by atoms with Crippen molar-refractivity contribution in [1.29, 1.82) is 0 Å². The number of aryl methyl sites for hydroxylation is 1. The minimum atomic E-state index is -0.925. The topological polar surface area (TPSA) is 69.6 Å². The van der Waals surface area contributed by atoms with E-state index in [-0.39, 0.29) is 11.8 Å². The van der Waals surface area contributed by atoms with Crippen molar-refractivity contribution in [3.8, 4) is 0 Å². The third kappa shape index (κ3) is 2.92. The van der Waals surface area contributed by atoms with Crippen molar-refractivity contribution >= 4 is 17.6 Å². The van der Waals surface area contributed by atoms with Crippen LogP contribution in [0.15, 0.2) is 18.2 Å². The van der Waals surface area contributed by atoms with Gasteiger partial charge < -0.3 is 15.3 Å². The Morgan fingerprint density at radius 3 is 2.80 bits per heavy atom. The second-order valence-corrected chi connectivity index (χ2v) is 5.23. The standard InChI is InChI=1S/C15H20N2O3/c1-10-5-6-13(12(8-10)15(19)20)17-7-3-4-11(9-17)14(18)16-2/h5-6,8,11H,3-4,7,9H2,1-2H3,(H,16,18)(H,19,20). The van der Waals surface area contributed by atoms with Crippen LogP contribution < -0.4 is 10.2 Å². The third-order valence-electron chi connectivity index (χ3n) is 3.76. The minimum Gasteiger partial charge on any atom is -0.478 e. The van der Waals surface area contributed by atoms with E-state index in [0.29, 0.717) is 17.8 Å². The molecular formula is C15H20N2O3. The summed E-state index contributed by atoms with van der Waals surface area (Å²) in [7, 11) is 1.63. The Kier molecular flexibility index (Phi) is 4.27. The van der Waals surface area contributed by atoms with Gasteiger partial charge in [-0.2, -0.15) is 0 Å². The van der Waals surface area contributed by atoms with Gasteiger partial charge in [-0.1, -0.05) is 11.6 Å². The summed E-state index contributed by atoms with van der Waals surface area (Å²) in [4.78, 5) is 25.2. The Balaban J connectivity index is 2.27. The zero-order chi connectivity index (χ0) is 14.7. The maximum absolute atomic E-state index is 11.8. The van der Waals surface area contributed by atoms with Gasteiger partial charge in [0.15, 0.2) is 0 Å². The van der Waals surface area contributed by atoms with Gasteiger partial charge in [-0.15, -0.1) is 0 Å². The van der Waals surface area contributed by atoms with E-state index >= 15 is 0 Å². The molecule has 1 unspecified atom stereocenters. The highest BCUT2D eigenvalue weighted by molar-refractivity contribution is 5.95. The van der Waals surface area contributed by atoms with Gasteiger partial charge >= 0.3 is 5.97 Å². The average Bonchev–Trinajstić information content (AvgIpc) is 2.46. The number of carboxylic acids is 1. The number of hydrogen-bond donors (Lipinski definition) is 2. The molecule has 0 radical (unpaired) electrons. The molecule has 20 heavy (non-hydrogen) atoms. The molecule has 1 aromatic rings. The second kappa shape index (κ2) is 5.94. The number of hydrogen-bond acceptors (Lipinski definition) is 3. The van der Waals surface area contributed by atoms with Crippen LogP contribution in [0.2, 0.25) is 0 Å². The monoisotopic (exact) mass is 276 g/mol. The van der Waals surface area contributed by atoms with Crippen LogP contribution in [-0.4, -0.2) is 37.1 Å². The number of amides is 1. The third-order valence-corrected chi connectivity index (χ3v) is 3.76. The Morgan fingerprint density at radius 2 is 2.15 bits per heavy atom. The summed E-state index contributed by atoms with van der Waals surface area (Å²) < 4.78 is 0. The smallest absolute Gasteiger partial charge is 0.337 e. The summed E-state index contributed by atoms with van der Waals surface area (Å²) in [6.07, 6.45) is 1.75. The van der Waals surface area contributed by atoms with Crippen LogP contribution in [0.25, 0.3) is 0 Å². The van der Waals surface area contributed by atoms with Crippen molar-refractivity contribution in [3.05, 3.63) is 29.3 Å². The number of anilines is 1. The van der Waals surface area contributed by atoms with E-state index in [0.717, 1.165) is 24.9 Å². The number of carbonyl (C=O) groups is 2. The SMILES string of the molecule is CNC(=O)C1CCCN(c2ccc(C)cc2C(=O)O)C1. The molecule has 1 aromatic carbocycles. The van der Waals surface area contributed by atoms with Crippen LogP contribution in [0.1, 0.15) is 28.8 Å². The number of rotatable bonds is 3. The molecule has 0 bridgehead atoms. The van der Waals surface area contributed by atoms with Crippen LogP contribution in [0.3, 0.4) is 0 Å². The molecule has 2 N–H and O–H groups in total. The fourth-order valence-corrected chi connectivity index (χ4v) is 2.71. The Labute approximate surface area is 118 Å². The molecule has 0 aromatic heterocycles. The molecule has 1 heterocycles. The highest BCUT2D eigenvalue weighted by atomic mass is 16.4. The van der Waals surface area contributed by atoms with Gasteiger partial charge in [-0.25, -0.2) is 4.79 Å². The predicted molar refractivity (Wildman–Crippen MR) is 77.1 cm³/mol. The summed E-state index contributed by atoms with van der Waals surface area (Å²) in [5.41, 5.74) is 1.94. The molecule has 1 saturated heterocycles. The molecule has 108 valence electrons. The fraction of sp³-hybridized carbons (Fsp3) is 0.467. The van der Waals surface area contributed by atoms with Gasteiger partial charge in [0.2, 0.25) is 5.91 Å². The first-order valence-electron chi connectivity index (χ1n) is 6.83. The van der Waals surface area contributed by atoms with Gasteiger partial charge in [0, 0.05) is 20.1 Å². The normalized spacial score (nSPS) is 18.7. The predicted octanol–water partition coefficient (Wildman–Crippen LogP) is 1.66. The zero-order valence-electron chi connectivity index (χ0n) is 11.8.